The highest BCUT2D eigenvalue weighted by molar-refractivity contribution is 7.18. The van der Waals surface area contributed by atoms with Crippen molar-refractivity contribution >= 4 is 27.6 Å². The van der Waals surface area contributed by atoms with Gasteiger partial charge in [0.25, 0.3) is 5.56 Å². The lowest BCUT2D eigenvalue weighted by Crippen LogP contribution is -2.42. The standard InChI is InChI=1S/C21H28N4O4S/c1-13-15(11-23-8-7-22-19(23)27)30-18-16(13)17(26)25(12-21(2)5-6-21)20(28)24(18)10-14-4-3-9-29-14/h14H,3-12H2,1-2H3,(H,22,27). The molecule has 8 nitrogen and oxygen atoms in total. The Morgan fingerprint density at radius 2 is 2.03 bits per heavy atom. The van der Waals surface area contributed by atoms with Crippen LogP contribution in [0.5, 0.6) is 0 Å². The SMILES string of the molecule is Cc1c(CN2CCNC2=O)sc2c1c(=O)n(CC1(C)CC1)c(=O)n2CC1CCCO1. The number of carbonyl (C=O) groups excluding carboxylic acids is 1. The summed E-state index contributed by atoms with van der Waals surface area (Å²) in [6.07, 6.45) is 4.01. The molecule has 1 N–H and O–H groups in total. The second-order valence-electron chi connectivity index (χ2n) is 9.21. The second kappa shape index (κ2) is 7.23. The van der Waals surface area contributed by atoms with Crippen molar-refractivity contribution in [1.82, 2.24) is 19.4 Å². The topological polar surface area (TPSA) is 85.6 Å². The summed E-state index contributed by atoms with van der Waals surface area (Å²) < 4.78 is 8.99. The van der Waals surface area contributed by atoms with Crippen LogP contribution in [0.4, 0.5) is 4.79 Å². The van der Waals surface area contributed by atoms with Gasteiger partial charge in [0.15, 0.2) is 0 Å². The molecule has 1 saturated carbocycles. The molecule has 30 heavy (non-hydrogen) atoms. The van der Waals surface area contributed by atoms with Gasteiger partial charge in [-0.25, -0.2) is 9.59 Å². The molecular weight excluding hydrogens is 404 g/mol. The van der Waals surface area contributed by atoms with Crippen LogP contribution in [0.1, 0.15) is 43.0 Å². The van der Waals surface area contributed by atoms with Gasteiger partial charge in [-0.15, -0.1) is 11.3 Å². The van der Waals surface area contributed by atoms with Gasteiger partial charge in [-0.05, 0) is 43.6 Å². The summed E-state index contributed by atoms with van der Waals surface area (Å²) in [5.41, 5.74) is 0.495. The molecule has 0 radical (unpaired) electrons. The van der Waals surface area contributed by atoms with Crippen molar-refractivity contribution in [1.29, 1.82) is 0 Å². The van der Waals surface area contributed by atoms with E-state index < -0.39 is 0 Å². The number of thiophene rings is 1. The molecule has 5 rings (SSSR count). The molecule has 9 heteroatoms. The molecule has 2 amide bonds. The van der Waals surface area contributed by atoms with Crippen molar-refractivity contribution in [3.8, 4) is 0 Å². The zero-order valence-electron chi connectivity index (χ0n) is 17.5. The lowest BCUT2D eigenvalue weighted by Gasteiger charge is -2.17. The maximum absolute atomic E-state index is 13.4. The van der Waals surface area contributed by atoms with E-state index in [1.807, 2.05) is 6.92 Å². The number of rotatable bonds is 6. The van der Waals surface area contributed by atoms with Crippen molar-refractivity contribution in [2.45, 2.75) is 65.3 Å². The zero-order valence-corrected chi connectivity index (χ0v) is 18.3. The van der Waals surface area contributed by atoms with Crippen LogP contribution in [0.3, 0.4) is 0 Å². The molecule has 2 saturated heterocycles. The molecule has 3 fully saturated rings. The minimum atomic E-state index is -0.233. The van der Waals surface area contributed by atoms with E-state index in [4.69, 9.17) is 4.74 Å². The highest BCUT2D eigenvalue weighted by Crippen LogP contribution is 2.46. The first-order chi connectivity index (χ1) is 14.4. The summed E-state index contributed by atoms with van der Waals surface area (Å²) in [5.74, 6) is 0. The Labute approximate surface area is 178 Å². The van der Waals surface area contributed by atoms with E-state index in [9.17, 15) is 14.4 Å². The lowest BCUT2D eigenvalue weighted by atomic mass is 10.1. The number of hydrogen-bond acceptors (Lipinski definition) is 5. The Balaban J connectivity index is 1.64. The fourth-order valence-corrected chi connectivity index (χ4v) is 5.79. The van der Waals surface area contributed by atoms with E-state index in [0.29, 0.717) is 42.9 Å². The summed E-state index contributed by atoms with van der Waals surface area (Å²) in [5, 5.41) is 3.44. The molecule has 2 aromatic heterocycles. The predicted molar refractivity (Wildman–Crippen MR) is 115 cm³/mol. The van der Waals surface area contributed by atoms with E-state index in [1.54, 1.807) is 9.47 Å². The predicted octanol–water partition coefficient (Wildman–Crippen LogP) is 2.04. The van der Waals surface area contributed by atoms with Gasteiger partial charge in [-0.3, -0.25) is 13.9 Å². The van der Waals surface area contributed by atoms with Gasteiger partial charge in [0, 0.05) is 31.1 Å². The summed E-state index contributed by atoms with van der Waals surface area (Å²) in [4.78, 5) is 42.3. The van der Waals surface area contributed by atoms with Gasteiger partial charge in [0.1, 0.15) is 4.83 Å². The summed E-state index contributed by atoms with van der Waals surface area (Å²) >= 11 is 1.47. The molecule has 162 valence electrons. The first kappa shape index (κ1) is 19.8. The molecule has 2 aliphatic heterocycles. The van der Waals surface area contributed by atoms with Crippen LogP contribution in [-0.2, 0) is 24.4 Å². The van der Waals surface area contributed by atoms with Gasteiger partial charge in [0.2, 0.25) is 0 Å². The van der Waals surface area contributed by atoms with Crippen LogP contribution in [-0.4, -0.2) is 45.9 Å². The van der Waals surface area contributed by atoms with Crippen molar-refractivity contribution in [2.24, 2.45) is 5.41 Å². The normalized spacial score (nSPS) is 22.8. The molecule has 1 aliphatic carbocycles. The third kappa shape index (κ3) is 3.37. The Morgan fingerprint density at radius 1 is 1.23 bits per heavy atom. The van der Waals surface area contributed by atoms with Crippen LogP contribution in [0.2, 0.25) is 0 Å². The van der Waals surface area contributed by atoms with E-state index in [2.05, 4.69) is 12.2 Å². The number of aryl methyl sites for hydroxylation is 1. The number of nitrogens with one attached hydrogen (secondary N) is 1. The third-order valence-electron chi connectivity index (χ3n) is 6.73. The van der Waals surface area contributed by atoms with Gasteiger partial charge in [-0.2, -0.15) is 0 Å². The van der Waals surface area contributed by atoms with Gasteiger partial charge < -0.3 is 15.0 Å². The second-order valence-corrected chi connectivity index (χ2v) is 10.3. The lowest BCUT2D eigenvalue weighted by molar-refractivity contribution is 0.0965. The largest absolute Gasteiger partial charge is 0.376 e. The van der Waals surface area contributed by atoms with E-state index in [1.165, 1.54) is 15.9 Å². The minimum absolute atomic E-state index is 0.00331. The Kier molecular flexibility index (Phi) is 4.77. The zero-order chi connectivity index (χ0) is 21.0. The quantitative estimate of drug-likeness (QED) is 0.757. The molecule has 3 aliphatic rings. The molecule has 2 aromatic rings. The fraction of sp³-hybridized carbons (Fsp3) is 0.667. The maximum atomic E-state index is 13.4. The van der Waals surface area contributed by atoms with Crippen LogP contribution in [0.15, 0.2) is 9.59 Å². The third-order valence-corrected chi connectivity index (χ3v) is 8.03. The molecule has 4 heterocycles. The minimum Gasteiger partial charge on any atom is -0.376 e. The Hall–Kier alpha value is -2.13. The Bertz CT molecular complexity index is 1120. The number of carbonyl (C=O) groups is 1. The maximum Gasteiger partial charge on any atom is 0.332 e. The van der Waals surface area contributed by atoms with Crippen LogP contribution >= 0.6 is 11.3 Å². The van der Waals surface area contributed by atoms with Gasteiger partial charge in [0.05, 0.1) is 24.6 Å². The van der Waals surface area contributed by atoms with E-state index >= 15 is 0 Å². The van der Waals surface area contributed by atoms with Crippen molar-refractivity contribution < 1.29 is 9.53 Å². The van der Waals surface area contributed by atoms with Gasteiger partial charge in [-0.1, -0.05) is 6.92 Å². The number of ether oxygens (including phenoxy) is 1. The average Bonchev–Trinajstić information content (AvgIpc) is 3.09. The number of fused-ring (bicyclic) bond motifs is 1. The number of hydrogen-bond donors (Lipinski definition) is 1. The number of amides is 2. The molecule has 0 aromatic carbocycles. The number of nitrogens with zero attached hydrogens (tertiary/aromatic N) is 3. The first-order valence-corrected chi connectivity index (χ1v) is 11.6. The fourth-order valence-electron chi connectivity index (χ4n) is 4.47. The summed E-state index contributed by atoms with van der Waals surface area (Å²) in [6, 6.07) is -0.0809. The molecular formula is C21H28N4O4S. The summed E-state index contributed by atoms with van der Waals surface area (Å²) in [6.45, 7) is 7.47. The Morgan fingerprint density at radius 3 is 2.67 bits per heavy atom. The van der Waals surface area contributed by atoms with Crippen LogP contribution in [0, 0.1) is 12.3 Å². The van der Waals surface area contributed by atoms with Gasteiger partial charge >= 0.3 is 11.7 Å². The average molecular weight is 433 g/mol. The molecule has 1 unspecified atom stereocenters. The molecule has 1 atom stereocenters. The number of aromatic nitrogens is 2. The number of urea groups is 1. The van der Waals surface area contributed by atoms with Crippen LogP contribution in [0.25, 0.3) is 10.2 Å². The van der Waals surface area contributed by atoms with Crippen LogP contribution < -0.4 is 16.6 Å². The highest BCUT2D eigenvalue weighted by atomic mass is 32.1. The van der Waals surface area contributed by atoms with Crippen molar-refractivity contribution in [3.05, 3.63) is 31.3 Å². The van der Waals surface area contributed by atoms with Crippen molar-refractivity contribution in [2.75, 3.05) is 19.7 Å². The smallest absolute Gasteiger partial charge is 0.332 e. The van der Waals surface area contributed by atoms with E-state index in [0.717, 1.165) is 42.7 Å². The first-order valence-electron chi connectivity index (χ1n) is 10.8. The highest BCUT2D eigenvalue weighted by Gasteiger charge is 2.39. The summed E-state index contributed by atoms with van der Waals surface area (Å²) in [7, 11) is 0. The molecule has 0 bridgehead atoms. The molecule has 0 spiro atoms. The monoisotopic (exact) mass is 432 g/mol. The van der Waals surface area contributed by atoms with Crippen molar-refractivity contribution in [3.63, 3.8) is 0 Å². The van der Waals surface area contributed by atoms with E-state index in [-0.39, 0.29) is 28.8 Å².